The molecule has 1 rings (SSSR count). The Labute approximate surface area is 117 Å². The van der Waals surface area contributed by atoms with E-state index in [1.807, 2.05) is 24.3 Å². The lowest BCUT2D eigenvalue weighted by molar-refractivity contribution is 0.163. The minimum absolute atomic E-state index is 0.422. The topological polar surface area (TPSA) is 20.2 Å². The monoisotopic (exact) mass is 316 g/mol. The first-order valence-corrected chi connectivity index (χ1v) is 7.05. The molecule has 1 nitrogen and oxygen atoms in total. The summed E-state index contributed by atoms with van der Waals surface area (Å²) in [6.07, 6.45) is 6.65. The van der Waals surface area contributed by atoms with E-state index in [1.54, 1.807) is 0 Å². The van der Waals surface area contributed by atoms with Crippen molar-refractivity contribution in [2.24, 2.45) is 0 Å². The Hall–Kier alpha value is -0.310. The molecule has 94 valence electrons. The van der Waals surface area contributed by atoms with Gasteiger partial charge in [-0.2, -0.15) is 0 Å². The summed E-state index contributed by atoms with van der Waals surface area (Å²) >= 11 is 9.32. The van der Waals surface area contributed by atoms with Crippen LogP contribution in [-0.4, -0.2) is 5.11 Å². The lowest BCUT2D eigenvalue weighted by Crippen LogP contribution is -1.97. The fourth-order valence-electron chi connectivity index (χ4n) is 1.74. The van der Waals surface area contributed by atoms with Crippen molar-refractivity contribution in [3.8, 4) is 0 Å². The van der Waals surface area contributed by atoms with Crippen molar-refractivity contribution >= 4 is 27.5 Å². The molecule has 0 heterocycles. The van der Waals surface area contributed by atoms with E-state index in [9.17, 15) is 5.11 Å². The van der Waals surface area contributed by atoms with Gasteiger partial charge in [0, 0.05) is 9.50 Å². The highest BCUT2D eigenvalue weighted by Gasteiger charge is 2.08. The van der Waals surface area contributed by atoms with Crippen LogP contribution < -0.4 is 0 Å². The summed E-state index contributed by atoms with van der Waals surface area (Å²) in [5, 5.41) is 10.7. The van der Waals surface area contributed by atoms with Crippen LogP contribution in [0.2, 0.25) is 5.02 Å². The molecule has 0 saturated heterocycles. The minimum Gasteiger partial charge on any atom is -0.388 e. The second-order valence-electron chi connectivity index (χ2n) is 4.15. The number of unbranched alkanes of at least 4 members (excludes halogenated alkanes) is 3. The van der Waals surface area contributed by atoms with Gasteiger partial charge in [0.25, 0.3) is 0 Å². The van der Waals surface area contributed by atoms with Crippen molar-refractivity contribution in [1.82, 2.24) is 0 Å². The van der Waals surface area contributed by atoms with E-state index in [0.717, 1.165) is 42.1 Å². The molecule has 0 amide bonds. The molecule has 0 radical (unpaired) electrons. The zero-order valence-corrected chi connectivity index (χ0v) is 12.2. The molecule has 1 atom stereocenters. The van der Waals surface area contributed by atoms with Gasteiger partial charge in [0.05, 0.1) is 6.10 Å². The van der Waals surface area contributed by atoms with Crippen LogP contribution in [-0.2, 0) is 0 Å². The third-order valence-electron chi connectivity index (χ3n) is 2.66. The second-order valence-corrected chi connectivity index (χ2v) is 5.50. The highest BCUT2D eigenvalue weighted by Crippen LogP contribution is 2.26. The molecule has 1 aromatic rings. The number of benzene rings is 1. The summed E-state index contributed by atoms with van der Waals surface area (Å²) < 4.78 is 0.908. The van der Waals surface area contributed by atoms with Crippen LogP contribution >= 0.6 is 27.5 Å². The zero-order chi connectivity index (χ0) is 12.7. The molecule has 0 saturated carbocycles. The SMILES string of the molecule is C=CCCCCCC(O)c1cc(Cl)cc(Br)c1. The molecule has 1 aromatic carbocycles. The van der Waals surface area contributed by atoms with Gasteiger partial charge < -0.3 is 5.11 Å². The summed E-state index contributed by atoms with van der Waals surface area (Å²) in [6, 6.07) is 5.56. The summed E-state index contributed by atoms with van der Waals surface area (Å²) in [7, 11) is 0. The lowest BCUT2D eigenvalue weighted by Gasteiger charge is -2.11. The van der Waals surface area contributed by atoms with Crippen LogP contribution in [0, 0.1) is 0 Å². The predicted molar refractivity (Wildman–Crippen MR) is 77.4 cm³/mol. The Morgan fingerprint density at radius 3 is 2.71 bits per heavy atom. The fourth-order valence-corrected chi connectivity index (χ4v) is 2.62. The number of halogens is 2. The van der Waals surface area contributed by atoms with Crippen LogP contribution in [0.15, 0.2) is 35.3 Å². The number of aliphatic hydroxyl groups is 1. The fraction of sp³-hybridized carbons (Fsp3) is 0.429. The maximum Gasteiger partial charge on any atom is 0.0791 e. The molecule has 0 aliphatic carbocycles. The van der Waals surface area contributed by atoms with Crippen LogP contribution in [0.1, 0.15) is 43.8 Å². The Kier molecular flexibility index (Phi) is 6.86. The highest BCUT2D eigenvalue weighted by atomic mass is 79.9. The average molecular weight is 318 g/mol. The summed E-state index contributed by atoms with van der Waals surface area (Å²) in [5.41, 5.74) is 0.882. The van der Waals surface area contributed by atoms with Crippen molar-refractivity contribution in [3.63, 3.8) is 0 Å². The first-order valence-electron chi connectivity index (χ1n) is 5.88. The van der Waals surface area contributed by atoms with Gasteiger partial charge in [0.15, 0.2) is 0 Å². The first-order chi connectivity index (χ1) is 8.13. The number of allylic oxidation sites excluding steroid dienone is 1. The van der Waals surface area contributed by atoms with Gasteiger partial charge in [0.2, 0.25) is 0 Å². The third kappa shape index (κ3) is 5.71. The lowest BCUT2D eigenvalue weighted by atomic mass is 10.0. The Balaban J connectivity index is 2.40. The van der Waals surface area contributed by atoms with E-state index in [2.05, 4.69) is 22.5 Å². The van der Waals surface area contributed by atoms with Gasteiger partial charge in [-0.25, -0.2) is 0 Å². The van der Waals surface area contributed by atoms with Crippen molar-refractivity contribution in [1.29, 1.82) is 0 Å². The normalized spacial score (nSPS) is 12.4. The average Bonchev–Trinajstić information content (AvgIpc) is 2.27. The van der Waals surface area contributed by atoms with E-state index in [0.29, 0.717) is 5.02 Å². The van der Waals surface area contributed by atoms with Gasteiger partial charge in [-0.05, 0) is 43.0 Å². The molecule has 1 unspecified atom stereocenters. The van der Waals surface area contributed by atoms with E-state index < -0.39 is 6.10 Å². The summed E-state index contributed by atoms with van der Waals surface area (Å²) in [5.74, 6) is 0. The first kappa shape index (κ1) is 14.7. The number of rotatable bonds is 7. The van der Waals surface area contributed by atoms with Gasteiger partial charge in [-0.3, -0.25) is 0 Å². The van der Waals surface area contributed by atoms with E-state index in [-0.39, 0.29) is 0 Å². The molecule has 0 spiro atoms. The molecule has 17 heavy (non-hydrogen) atoms. The maximum atomic E-state index is 10.0. The quantitative estimate of drug-likeness (QED) is 0.536. The van der Waals surface area contributed by atoms with E-state index in [4.69, 9.17) is 11.6 Å². The van der Waals surface area contributed by atoms with Crippen molar-refractivity contribution in [2.45, 2.75) is 38.2 Å². The molecular formula is C14H18BrClO. The largest absolute Gasteiger partial charge is 0.388 e. The molecule has 0 aliphatic heterocycles. The molecule has 0 aromatic heterocycles. The molecule has 1 N–H and O–H groups in total. The van der Waals surface area contributed by atoms with Crippen molar-refractivity contribution in [2.75, 3.05) is 0 Å². The van der Waals surface area contributed by atoms with Crippen molar-refractivity contribution in [3.05, 3.63) is 45.9 Å². The summed E-state index contributed by atoms with van der Waals surface area (Å²) in [4.78, 5) is 0. The molecule has 0 fully saturated rings. The second kappa shape index (κ2) is 7.91. The van der Waals surface area contributed by atoms with Gasteiger partial charge >= 0.3 is 0 Å². The van der Waals surface area contributed by atoms with E-state index in [1.165, 1.54) is 0 Å². The Bertz CT molecular complexity index is 345. The van der Waals surface area contributed by atoms with Crippen LogP contribution in [0.3, 0.4) is 0 Å². The number of aliphatic hydroxyl groups excluding tert-OH is 1. The molecule has 0 bridgehead atoms. The molecular weight excluding hydrogens is 300 g/mol. The van der Waals surface area contributed by atoms with Crippen LogP contribution in [0.4, 0.5) is 0 Å². The highest BCUT2D eigenvalue weighted by molar-refractivity contribution is 9.10. The zero-order valence-electron chi connectivity index (χ0n) is 9.83. The van der Waals surface area contributed by atoms with Crippen molar-refractivity contribution < 1.29 is 5.11 Å². The number of hydrogen-bond acceptors (Lipinski definition) is 1. The molecule has 3 heteroatoms. The van der Waals surface area contributed by atoms with Crippen LogP contribution in [0.25, 0.3) is 0 Å². The van der Waals surface area contributed by atoms with Gasteiger partial charge in [0.1, 0.15) is 0 Å². The Morgan fingerprint density at radius 1 is 1.29 bits per heavy atom. The van der Waals surface area contributed by atoms with Gasteiger partial charge in [-0.1, -0.05) is 46.4 Å². The smallest absolute Gasteiger partial charge is 0.0791 e. The van der Waals surface area contributed by atoms with Crippen LogP contribution in [0.5, 0.6) is 0 Å². The van der Waals surface area contributed by atoms with Gasteiger partial charge in [-0.15, -0.1) is 6.58 Å². The molecule has 0 aliphatic rings. The summed E-state index contributed by atoms with van der Waals surface area (Å²) in [6.45, 7) is 3.69. The van der Waals surface area contributed by atoms with E-state index >= 15 is 0 Å². The standard InChI is InChI=1S/C14H18BrClO/c1-2-3-4-5-6-7-14(17)11-8-12(15)10-13(16)9-11/h2,8-10,14,17H,1,3-7H2. The third-order valence-corrected chi connectivity index (χ3v) is 3.33. The minimum atomic E-state index is -0.422. The number of hydrogen-bond donors (Lipinski definition) is 1. The predicted octanol–water partition coefficient (Wildman–Crippen LogP) is 5.27. The maximum absolute atomic E-state index is 10.0. The Morgan fingerprint density at radius 2 is 2.06 bits per heavy atom.